The van der Waals surface area contributed by atoms with Gasteiger partial charge in [0.1, 0.15) is 0 Å². The number of nitrogens with one attached hydrogen (secondary N) is 1. The van der Waals surface area contributed by atoms with Crippen molar-refractivity contribution in [2.45, 2.75) is 32.4 Å². The first kappa shape index (κ1) is 14.9. The molecule has 1 aromatic carbocycles. The number of hydrogen-bond donors (Lipinski definition) is 1. The van der Waals surface area contributed by atoms with E-state index in [0.29, 0.717) is 17.1 Å². The highest BCUT2D eigenvalue weighted by atomic mass is 79.9. The number of ether oxygens (including phenoxy) is 1. The second-order valence-electron chi connectivity index (χ2n) is 5.19. The van der Waals surface area contributed by atoms with Crippen molar-refractivity contribution in [1.82, 2.24) is 4.90 Å². The van der Waals surface area contributed by atoms with Crippen LogP contribution in [0.5, 0.6) is 5.75 Å². The monoisotopic (exact) mass is 346 g/mol. The predicted octanol–water partition coefficient (Wildman–Crippen LogP) is 4.01. The van der Waals surface area contributed by atoms with E-state index < -0.39 is 0 Å². The SMILES string of the molecule is COc1c(Br)cc(Cl)cc1NC1CCN(C(C)C)C1. The molecule has 1 heterocycles. The van der Waals surface area contributed by atoms with E-state index in [9.17, 15) is 0 Å². The summed E-state index contributed by atoms with van der Waals surface area (Å²) in [6.45, 7) is 6.67. The van der Waals surface area contributed by atoms with E-state index in [1.807, 2.05) is 12.1 Å². The van der Waals surface area contributed by atoms with Crippen LogP contribution in [0.3, 0.4) is 0 Å². The summed E-state index contributed by atoms with van der Waals surface area (Å²) in [6, 6.07) is 4.81. The Morgan fingerprint density at radius 1 is 1.47 bits per heavy atom. The quantitative estimate of drug-likeness (QED) is 0.891. The predicted molar refractivity (Wildman–Crippen MR) is 84.4 cm³/mol. The highest BCUT2D eigenvalue weighted by molar-refractivity contribution is 9.10. The second kappa shape index (κ2) is 6.33. The first-order valence-electron chi connectivity index (χ1n) is 6.55. The molecular formula is C14H20BrClN2O. The van der Waals surface area contributed by atoms with E-state index in [-0.39, 0.29) is 0 Å². The number of likely N-dealkylation sites (tertiary alicyclic amines) is 1. The molecule has 1 fully saturated rings. The average Bonchev–Trinajstić information content (AvgIpc) is 2.77. The highest BCUT2D eigenvalue weighted by Crippen LogP contribution is 2.37. The maximum atomic E-state index is 6.11. The van der Waals surface area contributed by atoms with Crippen molar-refractivity contribution in [2.24, 2.45) is 0 Å². The average molecular weight is 348 g/mol. The minimum atomic E-state index is 0.446. The Morgan fingerprint density at radius 3 is 2.79 bits per heavy atom. The van der Waals surface area contributed by atoms with Crippen molar-refractivity contribution in [3.8, 4) is 5.75 Å². The van der Waals surface area contributed by atoms with Crippen molar-refractivity contribution in [1.29, 1.82) is 0 Å². The van der Waals surface area contributed by atoms with Crippen LogP contribution in [0.25, 0.3) is 0 Å². The molecule has 1 aromatic rings. The number of methoxy groups -OCH3 is 1. The number of hydrogen-bond acceptors (Lipinski definition) is 3. The molecule has 2 rings (SSSR count). The summed E-state index contributed by atoms with van der Waals surface area (Å²) < 4.78 is 6.31. The van der Waals surface area contributed by atoms with E-state index in [1.165, 1.54) is 0 Å². The first-order chi connectivity index (χ1) is 9.01. The van der Waals surface area contributed by atoms with E-state index >= 15 is 0 Å². The molecule has 0 radical (unpaired) electrons. The molecule has 0 aliphatic carbocycles. The van der Waals surface area contributed by atoms with Crippen LogP contribution in [0.2, 0.25) is 5.02 Å². The van der Waals surface area contributed by atoms with E-state index in [1.54, 1.807) is 7.11 Å². The zero-order valence-corrected chi connectivity index (χ0v) is 13.9. The van der Waals surface area contributed by atoms with Gasteiger partial charge in [-0.3, -0.25) is 4.90 Å². The number of anilines is 1. The highest BCUT2D eigenvalue weighted by Gasteiger charge is 2.25. The largest absolute Gasteiger partial charge is 0.493 e. The molecule has 1 aliphatic heterocycles. The van der Waals surface area contributed by atoms with Crippen molar-refractivity contribution in [2.75, 3.05) is 25.5 Å². The lowest BCUT2D eigenvalue weighted by Crippen LogP contribution is -2.31. The van der Waals surface area contributed by atoms with Crippen molar-refractivity contribution in [3.63, 3.8) is 0 Å². The second-order valence-corrected chi connectivity index (χ2v) is 6.48. The van der Waals surface area contributed by atoms with Gasteiger partial charge in [0.05, 0.1) is 17.3 Å². The molecule has 0 bridgehead atoms. The summed E-state index contributed by atoms with van der Waals surface area (Å²) >= 11 is 9.59. The fourth-order valence-electron chi connectivity index (χ4n) is 2.47. The molecule has 1 saturated heterocycles. The molecule has 19 heavy (non-hydrogen) atoms. The number of halogens is 2. The molecular weight excluding hydrogens is 328 g/mol. The maximum Gasteiger partial charge on any atom is 0.156 e. The van der Waals surface area contributed by atoms with Gasteiger partial charge in [0, 0.05) is 30.2 Å². The maximum absolute atomic E-state index is 6.11. The van der Waals surface area contributed by atoms with Crippen molar-refractivity contribution >= 4 is 33.2 Å². The van der Waals surface area contributed by atoms with Gasteiger partial charge in [0.25, 0.3) is 0 Å². The third-order valence-corrected chi connectivity index (χ3v) is 4.33. The van der Waals surface area contributed by atoms with Gasteiger partial charge in [-0.2, -0.15) is 0 Å². The topological polar surface area (TPSA) is 24.5 Å². The summed E-state index contributed by atoms with van der Waals surface area (Å²) in [7, 11) is 1.67. The van der Waals surface area contributed by atoms with Gasteiger partial charge in [0.15, 0.2) is 5.75 Å². The van der Waals surface area contributed by atoms with E-state index in [0.717, 1.165) is 35.4 Å². The lowest BCUT2D eigenvalue weighted by Gasteiger charge is -2.21. The Bertz CT molecular complexity index is 453. The molecule has 1 aliphatic rings. The zero-order chi connectivity index (χ0) is 14.0. The number of rotatable bonds is 4. The Labute approximate surface area is 128 Å². The smallest absolute Gasteiger partial charge is 0.156 e. The van der Waals surface area contributed by atoms with E-state index in [2.05, 4.69) is 40.0 Å². The van der Waals surface area contributed by atoms with Crippen LogP contribution in [-0.4, -0.2) is 37.2 Å². The Hall–Kier alpha value is -0.450. The Morgan fingerprint density at radius 2 is 2.21 bits per heavy atom. The van der Waals surface area contributed by atoms with Crippen LogP contribution < -0.4 is 10.1 Å². The minimum Gasteiger partial charge on any atom is -0.493 e. The minimum absolute atomic E-state index is 0.446. The van der Waals surface area contributed by atoms with Crippen LogP contribution in [0, 0.1) is 0 Å². The molecule has 106 valence electrons. The van der Waals surface area contributed by atoms with Gasteiger partial charge in [-0.05, 0) is 48.3 Å². The summed E-state index contributed by atoms with van der Waals surface area (Å²) in [4.78, 5) is 2.48. The standard InChI is InChI=1S/C14H20BrClN2O/c1-9(2)18-5-4-11(8-18)17-13-7-10(16)6-12(15)14(13)19-3/h6-7,9,11,17H,4-5,8H2,1-3H3. The van der Waals surface area contributed by atoms with Gasteiger partial charge in [0.2, 0.25) is 0 Å². The Kier molecular flexibility index (Phi) is 4.98. The van der Waals surface area contributed by atoms with Gasteiger partial charge < -0.3 is 10.1 Å². The van der Waals surface area contributed by atoms with Crippen LogP contribution in [0.1, 0.15) is 20.3 Å². The van der Waals surface area contributed by atoms with Crippen molar-refractivity contribution in [3.05, 3.63) is 21.6 Å². The normalized spacial score (nSPS) is 20.0. The van der Waals surface area contributed by atoms with Gasteiger partial charge >= 0.3 is 0 Å². The van der Waals surface area contributed by atoms with Gasteiger partial charge in [-0.15, -0.1) is 0 Å². The van der Waals surface area contributed by atoms with Crippen molar-refractivity contribution < 1.29 is 4.74 Å². The summed E-state index contributed by atoms with van der Waals surface area (Å²) in [5.41, 5.74) is 0.956. The lowest BCUT2D eigenvalue weighted by atomic mass is 10.2. The fraction of sp³-hybridized carbons (Fsp3) is 0.571. The fourth-order valence-corrected chi connectivity index (χ4v) is 3.44. The van der Waals surface area contributed by atoms with E-state index in [4.69, 9.17) is 16.3 Å². The summed E-state index contributed by atoms with van der Waals surface area (Å²) in [5, 5.41) is 4.25. The first-order valence-corrected chi connectivity index (χ1v) is 7.72. The number of nitrogens with zero attached hydrogens (tertiary/aromatic N) is 1. The molecule has 0 spiro atoms. The third kappa shape index (κ3) is 3.56. The molecule has 0 saturated carbocycles. The Balaban J connectivity index is 2.11. The van der Waals surface area contributed by atoms with Crippen LogP contribution in [0.15, 0.2) is 16.6 Å². The van der Waals surface area contributed by atoms with Crippen LogP contribution in [0.4, 0.5) is 5.69 Å². The third-order valence-electron chi connectivity index (χ3n) is 3.52. The molecule has 1 N–H and O–H groups in total. The molecule has 5 heteroatoms. The van der Waals surface area contributed by atoms with Gasteiger partial charge in [-0.1, -0.05) is 11.6 Å². The van der Waals surface area contributed by atoms with Crippen LogP contribution in [-0.2, 0) is 0 Å². The number of benzene rings is 1. The molecule has 0 amide bonds. The zero-order valence-electron chi connectivity index (χ0n) is 11.5. The lowest BCUT2D eigenvalue weighted by molar-refractivity contribution is 0.274. The van der Waals surface area contributed by atoms with Crippen LogP contribution >= 0.6 is 27.5 Å². The molecule has 1 unspecified atom stereocenters. The molecule has 3 nitrogen and oxygen atoms in total. The summed E-state index contributed by atoms with van der Waals surface area (Å²) in [6.07, 6.45) is 1.14. The molecule has 0 aromatic heterocycles. The van der Waals surface area contributed by atoms with Gasteiger partial charge in [-0.25, -0.2) is 0 Å². The molecule has 1 atom stereocenters. The summed E-state index contributed by atoms with van der Waals surface area (Å²) in [5.74, 6) is 0.812.